The lowest BCUT2D eigenvalue weighted by Crippen LogP contribution is -2.20. The van der Waals surface area contributed by atoms with E-state index in [-0.39, 0.29) is 5.56 Å². The van der Waals surface area contributed by atoms with Crippen LogP contribution in [0, 0.1) is 6.92 Å². The maximum atomic E-state index is 12.3. The van der Waals surface area contributed by atoms with Crippen LogP contribution in [0.15, 0.2) is 59.4 Å². The van der Waals surface area contributed by atoms with Crippen LogP contribution >= 0.6 is 11.6 Å². The lowest BCUT2D eigenvalue weighted by molar-refractivity contribution is 0.793. The SMILES string of the molecule is Cc1cc(=O)n(Cc2cccc(Cl)c2)c2ccccc12. The number of pyridine rings is 1. The van der Waals surface area contributed by atoms with Gasteiger partial charge in [-0.25, -0.2) is 0 Å². The van der Waals surface area contributed by atoms with Crippen molar-refractivity contribution in [3.63, 3.8) is 0 Å². The van der Waals surface area contributed by atoms with Crippen LogP contribution in [0.4, 0.5) is 0 Å². The lowest BCUT2D eigenvalue weighted by atomic mass is 10.1. The summed E-state index contributed by atoms with van der Waals surface area (Å²) in [6, 6.07) is 17.3. The Morgan fingerprint density at radius 2 is 1.85 bits per heavy atom. The molecule has 0 bridgehead atoms. The minimum Gasteiger partial charge on any atom is -0.304 e. The Morgan fingerprint density at radius 3 is 2.65 bits per heavy atom. The molecule has 2 nitrogen and oxygen atoms in total. The van der Waals surface area contributed by atoms with Gasteiger partial charge in [0.2, 0.25) is 0 Å². The second-order valence-electron chi connectivity index (χ2n) is 4.90. The Bertz CT molecular complexity index is 836. The zero-order valence-electron chi connectivity index (χ0n) is 11.1. The number of rotatable bonds is 2. The van der Waals surface area contributed by atoms with Gasteiger partial charge in [-0.05, 0) is 36.2 Å². The van der Waals surface area contributed by atoms with Crippen LogP contribution < -0.4 is 5.56 Å². The molecule has 0 aliphatic rings. The van der Waals surface area contributed by atoms with Crippen molar-refractivity contribution in [3.05, 3.63) is 81.1 Å². The molecule has 3 aromatic rings. The van der Waals surface area contributed by atoms with Gasteiger partial charge in [0.25, 0.3) is 5.56 Å². The molecule has 3 rings (SSSR count). The maximum Gasteiger partial charge on any atom is 0.251 e. The number of aryl methyl sites for hydroxylation is 1. The summed E-state index contributed by atoms with van der Waals surface area (Å²) in [6.07, 6.45) is 0. The number of fused-ring (bicyclic) bond motifs is 1. The van der Waals surface area contributed by atoms with Crippen molar-refractivity contribution in [2.75, 3.05) is 0 Å². The van der Waals surface area contributed by atoms with Gasteiger partial charge in [0.15, 0.2) is 0 Å². The third-order valence-corrected chi connectivity index (χ3v) is 3.69. The van der Waals surface area contributed by atoms with Crippen LogP contribution in [0.2, 0.25) is 5.02 Å². The molecule has 0 saturated heterocycles. The molecule has 0 amide bonds. The monoisotopic (exact) mass is 283 g/mol. The maximum absolute atomic E-state index is 12.3. The van der Waals surface area contributed by atoms with Crippen LogP contribution in [0.3, 0.4) is 0 Å². The largest absolute Gasteiger partial charge is 0.304 e. The molecule has 0 saturated carbocycles. The minimum absolute atomic E-state index is 0.0150. The van der Waals surface area contributed by atoms with E-state index in [0.29, 0.717) is 11.6 Å². The second kappa shape index (κ2) is 5.14. The summed E-state index contributed by atoms with van der Waals surface area (Å²) in [5.41, 5.74) is 3.00. The van der Waals surface area contributed by atoms with Crippen molar-refractivity contribution >= 4 is 22.5 Å². The first-order valence-electron chi connectivity index (χ1n) is 6.49. The van der Waals surface area contributed by atoms with E-state index >= 15 is 0 Å². The van der Waals surface area contributed by atoms with Crippen molar-refractivity contribution in [2.45, 2.75) is 13.5 Å². The smallest absolute Gasteiger partial charge is 0.251 e. The fraction of sp³-hybridized carbons (Fsp3) is 0.118. The highest BCUT2D eigenvalue weighted by Crippen LogP contribution is 2.18. The number of hydrogen-bond donors (Lipinski definition) is 0. The van der Waals surface area contributed by atoms with Crippen molar-refractivity contribution < 1.29 is 0 Å². The fourth-order valence-corrected chi connectivity index (χ4v) is 2.70. The molecule has 0 aliphatic carbocycles. The highest BCUT2D eigenvalue weighted by Gasteiger charge is 2.06. The summed E-state index contributed by atoms with van der Waals surface area (Å²) < 4.78 is 1.79. The third kappa shape index (κ3) is 2.35. The zero-order valence-corrected chi connectivity index (χ0v) is 11.9. The third-order valence-electron chi connectivity index (χ3n) is 3.46. The predicted octanol–water partition coefficient (Wildman–Crippen LogP) is 4.01. The summed E-state index contributed by atoms with van der Waals surface area (Å²) in [5.74, 6) is 0. The average molecular weight is 284 g/mol. The van der Waals surface area contributed by atoms with Crippen molar-refractivity contribution in [3.8, 4) is 0 Å². The molecule has 0 radical (unpaired) electrons. The van der Waals surface area contributed by atoms with Crippen molar-refractivity contribution in [1.29, 1.82) is 0 Å². The van der Waals surface area contributed by atoms with Gasteiger partial charge in [0.05, 0.1) is 12.1 Å². The van der Waals surface area contributed by atoms with Gasteiger partial charge in [0, 0.05) is 16.5 Å². The molecule has 3 heteroatoms. The van der Waals surface area contributed by atoms with E-state index in [1.807, 2.05) is 55.5 Å². The topological polar surface area (TPSA) is 22.0 Å². The summed E-state index contributed by atoms with van der Waals surface area (Å²) in [6.45, 7) is 2.49. The van der Waals surface area contributed by atoms with Gasteiger partial charge in [-0.3, -0.25) is 4.79 Å². The van der Waals surface area contributed by atoms with Gasteiger partial charge in [-0.1, -0.05) is 41.9 Å². The standard InChI is InChI=1S/C17H14ClNO/c1-12-9-17(20)19(16-8-3-2-7-15(12)16)11-13-5-4-6-14(18)10-13/h2-10H,11H2,1H3. The number of nitrogens with zero attached hydrogens (tertiary/aromatic N) is 1. The lowest BCUT2D eigenvalue weighted by Gasteiger charge is -2.12. The van der Waals surface area contributed by atoms with E-state index in [0.717, 1.165) is 22.0 Å². The number of halogens is 1. The molecule has 0 N–H and O–H groups in total. The first-order chi connectivity index (χ1) is 9.65. The molecule has 0 fully saturated rings. The summed E-state index contributed by atoms with van der Waals surface area (Å²) in [7, 11) is 0. The minimum atomic E-state index is 0.0150. The van der Waals surface area contributed by atoms with Crippen molar-refractivity contribution in [1.82, 2.24) is 4.57 Å². The van der Waals surface area contributed by atoms with Gasteiger partial charge < -0.3 is 4.57 Å². The van der Waals surface area contributed by atoms with Gasteiger partial charge in [-0.15, -0.1) is 0 Å². The predicted molar refractivity (Wildman–Crippen MR) is 83.5 cm³/mol. The van der Waals surface area contributed by atoms with Crippen LogP contribution in [-0.2, 0) is 6.54 Å². The zero-order chi connectivity index (χ0) is 14.1. The molecule has 20 heavy (non-hydrogen) atoms. The second-order valence-corrected chi connectivity index (χ2v) is 5.34. The molecule has 0 atom stereocenters. The first kappa shape index (κ1) is 12.9. The van der Waals surface area contributed by atoms with Crippen LogP contribution in [0.5, 0.6) is 0 Å². The normalized spacial score (nSPS) is 10.9. The molecule has 0 spiro atoms. The first-order valence-corrected chi connectivity index (χ1v) is 6.86. The highest BCUT2D eigenvalue weighted by molar-refractivity contribution is 6.30. The molecular formula is C17H14ClNO. The van der Waals surface area contributed by atoms with Gasteiger partial charge in [-0.2, -0.15) is 0 Å². The van der Waals surface area contributed by atoms with Crippen LogP contribution in [0.1, 0.15) is 11.1 Å². The molecule has 1 aromatic heterocycles. The Morgan fingerprint density at radius 1 is 1.05 bits per heavy atom. The molecule has 0 aliphatic heterocycles. The highest BCUT2D eigenvalue weighted by atomic mass is 35.5. The number of hydrogen-bond acceptors (Lipinski definition) is 1. The van der Waals surface area contributed by atoms with E-state index in [4.69, 9.17) is 11.6 Å². The van der Waals surface area contributed by atoms with E-state index < -0.39 is 0 Å². The molecule has 1 heterocycles. The Balaban J connectivity index is 2.19. The molecule has 0 unspecified atom stereocenters. The quantitative estimate of drug-likeness (QED) is 0.696. The number of aromatic nitrogens is 1. The molecule has 100 valence electrons. The Labute approximate surface area is 122 Å². The summed E-state index contributed by atoms with van der Waals surface area (Å²) in [4.78, 5) is 12.3. The van der Waals surface area contributed by atoms with Gasteiger partial charge in [0.1, 0.15) is 0 Å². The van der Waals surface area contributed by atoms with E-state index in [1.54, 1.807) is 10.6 Å². The summed E-state index contributed by atoms with van der Waals surface area (Å²) in [5, 5.41) is 1.79. The van der Waals surface area contributed by atoms with E-state index in [1.165, 1.54) is 0 Å². The molecule has 2 aromatic carbocycles. The van der Waals surface area contributed by atoms with E-state index in [9.17, 15) is 4.79 Å². The summed E-state index contributed by atoms with van der Waals surface area (Å²) >= 11 is 6.01. The van der Waals surface area contributed by atoms with Crippen molar-refractivity contribution in [2.24, 2.45) is 0 Å². The Kier molecular flexibility index (Phi) is 3.33. The van der Waals surface area contributed by atoms with Crippen LogP contribution in [0.25, 0.3) is 10.9 Å². The molecular weight excluding hydrogens is 270 g/mol. The number of benzene rings is 2. The number of para-hydroxylation sites is 1. The van der Waals surface area contributed by atoms with Gasteiger partial charge >= 0.3 is 0 Å². The Hall–Kier alpha value is -2.06. The average Bonchev–Trinajstić information content (AvgIpc) is 2.43. The van der Waals surface area contributed by atoms with Crippen LogP contribution in [-0.4, -0.2) is 4.57 Å². The van der Waals surface area contributed by atoms with E-state index in [2.05, 4.69) is 0 Å². The fourth-order valence-electron chi connectivity index (χ4n) is 2.48.